The maximum atomic E-state index is 9.68. The van der Waals surface area contributed by atoms with Gasteiger partial charge < -0.3 is 10.4 Å². The Morgan fingerprint density at radius 2 is 2.00 bits per heavy atom. The second-order valence-corrected chi connectivity index (χ2v) is 6.49. The van der Waals surface area contributed by atoms with Crippen molar-refractivity contribution in [1.29, 1.82) is 0 Å². The third kappa shape index (κ3) is 2.81. The molecular formula is C15H21BrN2O. The van der Waals surface area contributed by atoms with Crippen LogP contribution >= 0.6 is 15.9 Å². The zero-order chi connectivity index (χ0) is 13.2. The van der Waals surface area contributed by atoms with Gasteiger partial charge in [-0.05, 0) is 52.4 Å². The predicted octanol–water partition coefficient (Wildman–Crippen LogP) is 2.90. The van der Waals surface area contributed by atoms with E-state index in [1.165, 1.54) is 24.8 Å². The van der Waals surface area contributed by atoms with E-state index in [2.05, 4.69) is 38.3 Å². The van der Waals surface area contributed by atoms with Gasteiger partial charge in [-0.25, -0.2) is 0 Å². The van der Waals surface area contributed by atoms with Crippen LogP contribution in [0.2, 0.25) is 0 Å². The molecule has 2 fully saturated rings. The van der Waals surface area contributed by atoms with Crippen molar-refractivity contribution in [2.24, 2.45) is 5.92 Å². The molecule has 0 amide bonds. The fourth-order valence-corrected chi connectivity index (χ4v) is 3.60. The number of hydrogen-bond donors (Lipinski definition) is 2. The summed E-state index contributed by atoms with van der Waals surface area (Å²) in [7, 11) is 0. The Hall–Kier alpha value is -0.580. The van der Waals surface area contributed by atoms with Crippen LogP contribution in [0.25, 0.3) is 0 Å². The lowest BCUT2D eigenvalue weighted by atomic mass is 9.76. The number of aromatic hydroxyl groups is 1. The molecule has 1 saturated heterocycles. The van der Waals surface area contributed by atoms with Crippen LogP contribution in [-0.2, 0) is 0 Å². The molecule has 4 heteroatoms. The fraction of sp³-hybridized carbons (Fsp3) is 0.600. The first kappa shape index (κ1) is 13.4. The van der Waals surface area contributed by atoms with Crippen molar-refractivity contribution >= 4 is 15.9 Å². The van der Waals surface area contributed by atoms with Crippen LogP contribution < -0.4 is 5.32 Å². The molecular weight excluding hydrogens is 304 g/mol. The standard InChI is InChI=1S/C15H21BrN2O/c16-13-10-12(4-5-14(13)19)15(11-2-1-3-11)18-8-6-17-7-9-18/h4-5,10-11,15,17,19H,1-3,6-9H2/t15-/m1/s1. The third-order valence-corrected chi connectivity index (χ3v) is 5.09. The number of nitrogens with zero attached hydrogens (tertiary/aromatic N) is 1. The van der Waals surface area contributed by atoms with Gasteiger partial charge in [0.1, 0.15) is 5.75 Å². The summed E-state index contributed by atoms with van der Waals surface area (Å²) >= 11 is 3.45. The van der Waals surface area contributed by atoms with E-state index in [0.29, 0.717) is 11.8 Å². The second-order valence-electron chi connectivity index (χ2n) is 5.63. The summed E-state index contributed by atoms with van der Waals surface area (Å²) < 4.78 is 0.810. The summed E-state index contributed by atoms with van der Waals surface area (Å²) in [5, 5.41) is 13.1. The van der Waals surface area contributed by atoms with Gasteiger partial charge in [-0.3, -0.25) is 4.90 Å². The molecule has 2 aliphatic rings. The molecule has 0 bridgehead atoms. The lowest BCUT2D eigenvalue weighted by molar-refractivity contribution is 0.0836. The smallest absolute Gasteiger partial charge is 0.129 e. The van der Waals surface area contributed by atoms with E-state index in [0.717, 1.165) is 36.6 Å². The first-order valence-electron chi connectivity index (χ1n) is 7.19. The van der Waals surface area contributed by atoms with E-state index >= 15 is 0 Å². The Morgan fingerprint density at radius 3 is 2.58 bits per heavy atom. The molecule has 0 aromatic heterocycles. The van der Waals surface area contributed by atoms with E-state index in [1.807, 2.05) is 6.07 Å². The van der Waals surface area contributed by atoms with Crippen molar-refractivity contribution < 1.29 is 5.11 Å². The molecule has 0 unspecified atom stereocenters. The summed E-state index contributed by atoms with van der Waals surface area (Å²) in [5.41, 5.74) is 1.34. The summed E-state index contributed by atoms with van der Waals surface area (Å²) in [6, 6.07) is 6.52. The van der Waals surface area contributed by atoms with E-state index in [-0.39, 0.29) is 0 Å². The molecule has 0 radical (unpaired) electrons. The quantitative estimate of drug-likeness (QED) is 0.897. The Labute approximate surface area is 123 Å². The highest BCUT2D eigenvalue weighted by Crippen LogP contribution is 2.42. The lowest BCUT2D eigenvalue weighted by Gasteiger charge is -2.43. The highest BCUT2D eigenvalue weighted by molar-refractivity contribution is 9.10. The summed E-state index contributed by atoms with van der Waals surface area (Å²) in [4.78, 5) is 2.61. The molecule has 104 valence electrons. The van der Waals surface area contributed by atoms with Crippen LogP contribution in [-0.4, -0.2) is 36.2 Å². The van der Waals surface area contributed by atoms with Gasteiger partial charge in [-0.15, -0.1) is 0 Å². The van der Waals surface area contributed by atoms with Crippen molar-refractivity contribution in [1.82, 2.24) is 10.2 Å². The third-order valence-electron chi connectivity index (χ3n) is 4.45. The van der Waals surface area contributed by atoms with Crippen molar-refractivity contribution in [2.75, 3.05) is 26.2 Å². The van der Waals surface area contributed by atoms with Crippen LogP contribution in [0.5, 0.6) is 5.75 Å². The van der Waals surface area contributed by atoms with E-state index in [9.17, 15) is 5.11 Å². The van der Waals surface area contributed by atoms with E-state index < -0.39 is 0 Å². The number of halogens is 1. The highest BCUT2D eigenvalue weighted by atomic mass is 79.9. The molecule has 1 aromatic carbocycles. The largest absolute Gasteiger partial charge is 0.507 e. The monoisotopic (exact) mass is 324 g/mol. The van der Waals surface area contributed by atoms with Crippen LogP contribution in [0, 0.1) is 5.92 Å². The number of benzene rings is 1. The molecule has 1 aliphatic carbocycles. The van der Waals surface area contributed by atoms with E-state index in [4.69, 9.17) is 0 Å². The highest BCUT2D eigenvalue weighted by Gasteiger charge is 2.33. The number of hydrogen-bond acceptors (Lipinski definition) is 3. The van der Waals surface area contributed by atoms with Crippen LogP contribution in [0.3, 0.4) is 0 Å². The number of piperazine rings is 1. The number of nitrogens with one attached hydrogen (secondary N) is 1. The van der Waals surface area contributed by atoms with Crippen molar-refractivity contribution in [3.63, 3.8) is 0 Å². The average molecular weight is 325 g/mol. The summed E-state index contributed by atoms with van der Waals surface area (Å²) in [6.45, 7) is 4.42. The molecule has 3 nitrogen and oxygen atoms in total. The van der Waals surface area contributed by atoms with Crippen molar-refractivity contribution in [2.45, 2.75) is 25.3 Å². The van der Waals surface area contributed by atoms with Gasteiger partial charge in [-0.2, -0.15) is 0 Å². The Bertz CT molecular complexity index is 442. The first-order valence-corrected chi connectivity index (χ1v) is 7.98. The second kappa shape index (κ2) is 5.81. The molecule has 2 N–H and O–H groups in total. The lowest BCUT2D eigenvalue weighted by Crippen LogP contribution is -2.47. The average Bonchev–Trinajstić information content (AvgIpc) is 2.38. The molecule has 19 heavy (non-hydrogen) atoms. The molecule has 1 saturated carbocycles. The molecule has 1 atom stereocenters. The van der Waals surface area contributed by atoms with Crippen LogP contribution in [0.1, 0.15) is 30.9 Å². The summed E-state index contributed by atoms with van der Waals surface area (Å²) in [6.07, 6.45) is 4.05. The number of phenols is 1. The van der Waals surface area contributed by atoms with Gasteiger partial charge in [0.05, 0.1) is 4.47 Å². The number of phenolic OH excluding ortho intramolecular Hbond substituents is 1. The normalized spacial score (nSPS) is 23.0. The van der Waals surface area contributed by atoms with Crippen LogP contribution in [0.4, 0.5) is 0 Å². The molecule has 1 heterocycles. The van der Waals surface area contributed by atoms with Crippen molar-refractivity contribution in [3.8, 4) is 5.75 Å². The summed E-state index contributed by atoms with van der Waals surface area (Å²) in [5.74, 6) is 1.12. The van der Waals surface area contributed by atoms with Gasteiger partial charge >= 0.3 is 0 Å². The predicted molar refractivity (Wildman–Crippen MR) is 80.3 cm³/mol. The van der Waals surface area contributed by atoms with Gasteiger partial charge in [0, 0.05) is 32.2 Å². The maximum Gasteiger partial charge on any atom is 0.129 e. The molecule has 1 aliphatic heterocycles. The first-order chi connectivity index (χ1) is 9.25. The molecule has 0 spiro atoms. The SMILES string of the molecule is Oc1ccc([C@@H](C2CCC2)N2CCNCC2)cc1Br. The topological polar surface area (TPSA) is 35.5 Å². The Kier molecular flexibility index (Phi) is 4.10. The van der Waals surface area contributed by atoms with Crippen molar-refractivity contribution in [3.05, 3.63) is 28.2 Å². The van der Waals surface area contributed by atoms with Gasteiger partial charge in [0.2, 0.25) is 0 Å². The Balaban J connectivity index is 1.86. The van der Waals surface area contributed by atoms with Gasteiger partial charge in [-0.1, -0.05) is 12.5 Å². The van der Waals surface area contributed by atoms with E-state index in [1.54, 1.807) is 0 Å². The zero-order valence-corrected chi connectivity index (χ0v) is 12.7. The fourth-order valence-electron chi connectivity index (χ4n) is 3.20. The Morgan fingerprint density at radius 1 is 1.26 bits per heavy atom. The molecule has 3 rings (SSSR count). The minimum absolute atomic E-state index is 0.330. The van der Waals surface area contributed by atoms with Gasteiger partial charge in [0.25, 0.3) is 0 Å². The minimum atomic E-state index is 0.330. The minimum Gasteiger partial charge on any atom is -0.507 e. The van der Waals surface area contributed by atoms with Crippen LogP contribution in [0.15, 0.2) is 22.7 Å². The maximum absolute atomic E-state index is 9.68. The molecule has 1 aromatic rings. The zero-order valence-electron chi connectivity index (χ0n) is 11.1. The number of rotatable bonds is 3. The van der Waals surface area contributed by atoms with Gasteiger partial charge in [0.15, 0.2) is 0 Å².